The molecule has 0 amide bonds. The number of aliphatic hydroxyl groups excluding tert-OH is 4. The molecule has 1 saturated carbocycles. The van der Waals surface area contributed by atoms with E-state index < -0.39 is 30.0 Å². The minimum absolute atomic E-state index is 0.139. The highest BCUT2D eigenvalue weighted by Gasteiger charge is 2.36. The van der Waals surface area contributed by atoms with Crippen LogP contribution in [0.4, 0.5) is 0 Å². The molecule has 4 atom stereocenters. The average Bonchev–Trinajstić information content (AvgIpc) is 2.54. The third kappa shape index (κ3) is 13.0. The lowest BCUT2D eigenvalue weighted by molar-refractivity contribution is -0.157. The number of rotatable bonds is 4. The summed E-state index contributed by atoms with van der Waals surface area (Å²) < 4.78 is 4.57. The van der Waals surface area contributed by atoms with Crippen LogP contribution in [0.15, 0.2) is 0 Å². The van der Waals surface area contributed by atoms with Crippen LogP contribution in [0.2, 0.25) is 0 Å². The van der Waals surface area contributed by atoms with Crippen molar-refractivity contribution in [2.24, 2.45) is 11.8 Å². The van der Waals surface area contributed by atoms with Crippen molar-refractivity contribution in [1.29, 1.82) is 0 Å². The van der Waals surface area contributed by atoms with Crippen molar-refractivity contribution in [2.75, 3.05) is 20.3 Å². The van der Waals surface area contributed by atoms with E-state index in [1.807, 2.05) is 0 Å². The number of carbonyl (C=O) groups is 2. The lowest BCUT2D eigenvalue weighted by Gasteiger charge is -2.25. The maximum atomic E-state index is 11.2. The van der Waals surface area contributed by atoms with Crippen LogP contribution in [0.3, 0.4) is 0 Å². The van der Waals surface area contributed by atoms with E-state index in [9.17, 15) is 9.59 Å². The Hall–Kier alpha value is -1.22. The summed E-state index contributed by atoms with van der Waals surface area (Å²) in [4.78, 5) is 22.0. The highest BCUT2D eigenvalue weighted by atomic mass is 16.5. The molecule has 0 saturated heterocycles. The Bertz CT molecular complexity index is 309. The number of methoxy groups -OCH3 is 1. The van der Waals surface area contributed by atoms with Gasteiger partial charge in [-0.25, -0.2) is 0 Å². The SMILES string of the molecule is CC(O)CO.CC(O)CO.COC(=O)C1CCCCC1C(=O)O. The molecule has 4 unspecified atom stereocenters. The van der Waals surface area contributed by atoms with Crippen molar-refractivity contribution in [3.05, 3.63) is 0 Å². The lowest BCUT2D eigenvalue weighted by Crippen LogP contribution is -2.33. The monoisotopic (exact) mass is 338 g/mol. The van der Waals surface area contributed by atoms with Crippen molar-refractivity contribution >= 4 is 11.9 Å². The van der Waals surface area contributed by atoms with Gasteiger partial charge in [0, 0.05) is 0 Å². The summed E-state index contributed by atoms with van der Waals surface area (Å²) in [6, 6.07) is 0. The minimum atomic E-state index is -0.880. The van der Waals surface area contributed by atoms with Crippen LogP contribution in [0.1, 0.15) is 39.5 Å². The number of hydrogen-bond acceptors (Lipinski definition) is 7. The fourth-order valence-corrected chi connectivity index (χ4v) is 1.86. The van der Waals surface area contributed by atoms with E-state index in [0.29, 0.717) is 12.8 Å². The molecular weight excluding hydrogens is 308 g/mol. The highest BCUT2D eigenvalue weighted by Crippen LogP contribution is 2.30. The van der Waals surface area contributed by atoms with E-state index >= 15 is 0 Å². The summed E-state index contributed by atoms with van der Waals surface area (Å²) in [5.74, 6) is -2.24. The molecule has 0 aromatic carbocycles. The normalized spacial score (nSPS) is 22.4. The Balaban J connectivity index is 0. The maximum Gasteiger partial charge on any atom is 0.309 e. The zero-order valence-corrected chi connectivity index (χ0v) is 14.0. The van der Waals surface area contributed by atoms with Gasteiger partial charge in [0.15, 0.2) is 0 Å². The summed E-state index contributed by atoms with van der Waals surface area (Å²) >= 11 is 0. The van der Waals surface area contributed by atoms with Crippen LogP contribution in [0.25, 0.3) is 0 Å². The molecule has 1 fully saturated rings. The van der Waals surface area contributed by atoms with Crippen LogP contribution in [-0.4, -0.2) is 70.0 Å². The number of carbonyl (C=O) groups excluding carboxylic acids is 1. The number of ether oxygens (including phenoxy) is 1. The molecule has 5 N–H and O–H groups in total. The molecule has 1 aliphatic carbocycles. The van der Waals surface area contributed by atoms with E-state index in [-0.39, 0.29) is 19.2 Å². The minimum Gasteiger partial charge on any atom is -0.481 e. The van der Waals surface area contributed by atoms with Crippen molar-refractivity contribution in [2.45, 2.75) is 51.7 Å². The molecule has 23 heavy (non-hydrogen) atoms. The van der Waals surface area contributed by atoms with Gasteiger partial charge < -0.3 is 30.3 Å². The Morgan fingerprint density at radius 1 is 1.00 bits per heavy atom. The topological polar surface area (TPSA) is 145 Å². The van der Waals surface area contributed by atoms with Gasteiger partial charge in [0.1, 0.15) is 0 Å². The van der Waals surface area contributed by atoms with Gasteiger partial charge in [-0.15, -0.1) is 0 Å². The number of carboxylic acids is 1. The quantitative estimate of drug-likeness (QED) is 0.442. The number of hydrogen-bond donors (Lipinski definition) is 5. The van der Waals surface area contributed by atoms with Crippen molar-refractivity contribution in [3.8, 4) is 0 Å². The predicted molar refractivity (Wildman–Crippen MR) is 82.6 cm³/mol. The molecule has 8 heteroatoms. The number of aliphatic carboxylic acids is 1. The number of carboxylic acid groups (broad SMARTS) is 1. The summed E-state index contributed by atoms with van der Waals surface area (Å²) in [6.07, 6.45) is 1.93. The standard InChI is InChI=1S/C9H14O4.2C3H8O2/c1-13-9(12)7-5-3-2-4-6(7)8(10)11;2*1-3(5)2-4/h6-7H,2-5H2,1H3,(H,10,11);2*3-5H,2H2,1H3. The summed E-state index contributed by atoms with van der Waals surface area (Å²) in [7, 11) is 1.30. The molecular formula is C15H30O8. The summed E-state index contributed by atoms with van der Waals surface area (Å²) in [5.41, 5.74) is 0. The zero-order valence-electron chi connectivity index (χ0n) is 14.0. The van der Waals surface area contributed by atoms with Crippen molar-refractivity contribution in [3.63, 3.8) is 0 Å². The molecule has 8 nitrogen and oxygen atoms in total. The fraction of sp³-hybridized carbons (Fsp3) is 0.867. The molecule has 0 radical (unpaired) electrons. The smallest absolute Gasteiger partial charge is 0.309 e. The molecule has 0 aromatic rings. The van der Waals surface area contributed by atoms with E-state index in [1.54, 1.807) is 0 Å². The van der Waals surface area contributed by atoms with Crippen LogP contribution >= 0.6 is 0 Å². The van der Waals surface area contributed by atoms with Gasteiger partial charge >= 0.3 is 11.9 Å². The predicted octanol–water partition coefficient (Wildman–Crippen LogP) is -0.231. The van der Waals surface area contributed by atoms with Gasteiger partial charge in [-0.3, -0.25) is 9.59 Å². The first-order valence-electron chi connectivity index (χ1n) is 7.59. The Kier molecular flexibility index (Phi) is 15.0. The molecule has 138 valence electrons. The Morgan fingerprint density at radius 3 is 1.61 bits per heavy atom. The van der Waals surface area contributed by atoms with Gasteiger partial charge in [0.2, 0.25) is 0 Å². The molecule has 1 aliphatic rings. The molecule has 0 aromatic heterocycles. The Labute approximate surface area is 136 Å². The van der Waals surface area contributed by atoms with Gasteiger partial charge in [-0.2, -0.15) is 0 Å². The largest absolute Gasteiger partial charge is 0.481 e. The van der Waals surface area contributed by atoms with Crippen LogP contribution in [0.5, 0.6) is 0 Å². The van der Waals surface area contributed by atoms with E-state index in [1.165, 1.54) is 21.0 Å². The fourth-order valence-electron chi connectivity index (χ4n) is 1.86. The van der Waals surface area contributed by atoms with Gasteiger partial charge in [-0.1, -0.05) is 12.8 Å². The lowest BCUT2D eigenvalue weighted by atomic mass is 9.79. The van der Waals surface area contributed by atoms with E-state index in [2.05, 4.69) is 4.74 Å². The van der Waals surface area contributed by atoms with E-state index in [0.717, 1.165) is 12.8 Å². The summed E-state index contributed by atoms with van der Waals surface area (Å²) in [6.45, 7) is 2.78. The van der Waals surface area contributed by atoms with Crippen molar-refractivity contribution in [1.82, 2.24) is 0 Å². The molecule has 1 rings (SSSR count). The molecule has 0 spiro atoms. The molecule has 0 heterocycles. The van der Waals surface area contributed by atoms with Crippen LogP contribution in [0, 0.1) is 11.8 Å². The highest BCUT2D eigenvalue weighted by molar-refractivity contribution is 5.81. The second kappa shape index (κ2) is 14.4. The van der Waals surface area contributed by atoms with Gasteiger partial charge in [0.05, 0.1) is 44.4 Å². The van der Waals surface area contributed by atoms with Crippen LogP contribution < -0.4 is 0 Å². The zero-order chi connectivity index (χ0) is 18.4. The average molecular weight is 338 g/mol. The second-order valence-corrected chi connectivity index (χ2v) is 5.42. The third-order valence-corrected chi connectivity index (χ3v) is 3.12. The van der Waals surface area contributed by atoms with Gasteiger partial charge in [-0.05, 0) is 26.7 Å². The Morgan fingerprint density at radius 2 is 1.35 bits per heavy atom. The second-order valence-electron chi connectivity index (χ2n) is 5.42. The maximum absolute atomic E-state index is 11.2. The molecule has 0 bridgehead atoms. The number of esters is 1. The summed E-state index contributed by atoms with van der Waals surface area (Å²) in [5, 5.41) is 40.9. The first kappa shape index (κ1) is 24.0. The van der Waals surface area contributed by atoms with Gasteiger partial charge in [0.25, 0.3) is 0 Å². The molecule has 0 aliphatic heterocycles. The van der Waals surface area contributed by atoms with Crippen molar-refractivity contribution < 1.29 is 39.9 Å². The third-order valence-electron chi connectivity index (χ3n) is 3.12. The first-order chi connectivity index (χ1) is 10.7. The number of aliphatic hydroxyl groups is 4. The van der Waals surface area contributed by atoms with E-state index in [4.69, 9.17) is 25.5 Å². The first-order valence-corrected chi connectivity index (χ1v) is 7.59. The van der Waals surface area contributed by atoms with Crippen LogP contribution in [-0.2, 0) is 14.3 Å².